The molecule has 4 heteroatoms. The molecule has 0 spiro atoms. The van der Waals surface area contributed by atoms with Gasteiger partial charge in [-0.15, -0.1) is 0 Å². The topological polar surface area (TPSA) is 58.7 Å². The second kappa shape index (κ2) is 5.67. The Hall–Kier alpha value is -2.67. The Balaban J connectivity index is 1.96. The molecule has 0 N–H and O–H groups in total. The lowest BCUT2D eigenvalue weighted by atomic mass is 9.58. The van der Waals surface area contributed by atoms with Crippen LogP contribution in [0.2, 0.25) is 0 Å². The second-order valence-corrected chi connectivity index (χ2v) is 7.86. The van der Waals surface area contributed by atoms with Crippen LogP contribution in [0, 0.1) is 30.1 Å². The van der Waals surface area contributed by atoms with E-state index in [-0.39, 0.29) is 28.6 Å². The number of hydrogen-bond acceptors (Lipinski definition) is 3. The van der Waals surface area contributed by atoms with Crippen LogP contribution in [0.3, 0.4) is 0 Å². The van der Waals surface area contributed by atoms with Crippen molar-refractivity contribution >= 4 is 5.78 Å². The lowest BCUT2D eigenvalue weighted by Crippen LogP contribution is -2.45. The number of benzene rings is 1. The number of hydrogen-bond donors (Lipinski definition) is 0. The fourth-order valence-electron chi connectivity index (χ4n) is 5.02. The quantitative estimate of drug-likeness (QED) is 0.788. The van der Waals surface area contributed by atoms with Gasteiger partial charge in [0.25, 0.3) is 0 Å². The number of fused-ring (bicyclic) bond motifs is 3. The number of aryl methyl sites for hydroxylation is 2. The number of Topliss-reactive ketones (excluding diaryl/α,β-unsaturated/α-hetero) is 1. The summed E-state index contributed by atoms with van der Waals surface area (Å²) in [6.07, 6.45) is 3.74. The smallest absolute Gasteiger partial charge is 0.176 e. The van der Waals surface area contributed by atoms with Gasteiger partial charge < -0.3 is 0 Å². The van der Waals surface area contributed by atoms with Crippen molar-refractivity contribution < 1.29 is 4.79 Å². The standard InChI is InChI=1S/C22H23N3O/c1-13-7-5-6-8-16(13)19-17-9-10-18-14(2)20(26)15(12-23)11-22(18,3)21(17)24-25(19)4/h5-8,11,14,18H,9-10H2,1-4H3. The highest BCUT2D eigenvalue weighted by atomic mass is 16.1. The number of nitriles is 1. The molecule has 2 aliphatic rings. The van der Waals surface area contributed by atoms with Crippen molar-refractivity contribution in [3.05, 3.63) is 52.7 Å². The Labute approximate surface area is 154 Å². The molecular formula is C22H23N3O. The van der Waals surface area contributed by atoms with Gasteiger partial charge in [0, 0.05) is 29.5 Å². The first-order chi connectivity index (χ1) is 12.4. The fourth-order valence-corrected chi connectivity index (χ4v) is 5.02. The van der Waals surface area contributed by atoms with E-state index < -0.39 is 0 Å². The number of carbonyl (C=O) groups excluding carboxylic acids is 1. The molecule has 0 amide bonds. The number of ketones is 1. The van der Waals surface area contributed by atoms with Crippen LogP contribution in [0.4, 0.5) is 0 Å². The van der Waals surface area contributed by atoms with Crippen LogP contribution in [0.25, 0.3) is 11.3 Å². The Kier molecular flexibility index (Phi) is 3.66. The van der Waals surface area contributed by atoms with Gasteiger partial charge in [-0.2, -0.15) is 10.4 Å². The maximum Gasteiger partial charge on any atom is 0.176 e. The van der Waals surface area contributed by atoms with Crippen molar-refractivity contribution in [3.8, 4) is 17.3 Å². The zero-order valence-electron chi connectivity index (χ0n) is 15.7. The highest BCUT2D eigenvalue weighted by Crippen LogP contribution is 2.51. The Morgan fingerprint density at radius 1 is 1.35 bits per heavy atom. The Morgan fingerprint density at radius 2 is 2.08 bits per heavy atom. The van der Waals surface area contributed by atoms with Crippen LogP contribution in [-0.2, 0) is 23.7 Å². The Morgan fingerprint density at radius 3 is 2.77 bits per heavy atom. The predicted molar refractivity (Wildman–Crippen MR) is 100 cm³/mol. The fraction of sp³-hybridized carbons (Fsp3) is 0.409. The van der Waals surface area contributed by atoms with Gasteiger partial charge in [-0.3, -0.25) is 9.48 Å². The SMILES string of the molecule is Cc1ccccc1-c1c2c(nn1C)C1(C)C=C(C#N)C(=O)C(C)C1CC2. The largest absolute Gasteiger partial charge is 0.293 e. The van der Waals surface area contributed by atoms with Gasteiger partial charge in [0.1, 0.15) is 6.07 Å². The summed E-state index contributed by atoms with van der Waals surface area (Å²) in [5.41, 5.74) is 5.80. The molecule has 0 fully saturated rings. The van der Waals surface area contributed by atoms with Gasteiger partial charge in [0.15, 0.2) is 5.78 Å². The minimum atomic E-state index is -0.370. The van der Waals surface area contributed by atoms with Crippen LogP contribution < -0.4 is 0 Å². The van der Waals surface area contributed by atoms with Gasteiger partial charge in [0.05, 0.1) is 17.0 Å². The molecular weight excluding hydrogens is 322 g/mol. The molecule has 3 atom stereocenters. The van der Waals surface area contributed by atoms with Crippen molar-refractivity contribution in [1.29, 1.82) is 5.26 Å². The minimum absolute atomic E-state index is 0.0199. The molecule has 2 aliphatic carbocycles. The van der Waals surface area contributed by atoms with E-state index in [1.165, 1.54) is 16.7 Å². The molecule has 4 rings (SSSR count). The van der Waals surface area contributed by atoms with Gasteiger partial charge in [-0.05, 0) is 31.2 Å². The summed E-state index contributed by atoms with van der Waals surface area (Å²) in [6.45, 7) is 6.23. The lowest BCUT2D eigenvalue weighted by Gasteiger charge is -2.44. The van der Waals surface area contributed by atoms with Crippen LogP contribution in [0.1, 0.15) is 37.1 Å². The van der Waals surface area contributed by atoms with Crippen LogP contribution in [0.15, 0.2) is 35.9 Å². The van der Waals surface area contributed by atoms with Crippen LogP contribution >= 0.6 is 0 Å². The molecule has 0 saturated carbocycles. The summed E-state index contributed by atoms with van der Waals surface area (Å²) >= 11 is 0. The third kappa shape index (κ3) is 2.13. The molecule has 0 bridgehead atoms. The van der Waals surface area contributed by atoms with Crippen molar-refractivity contribution in [2.75, 3.05) is 0 Å². The van der Waals surface area contributed by atoms with Crippen molar-refractivity contribution in [3.63, 3.8) is 0 Å². The second-order valence-electron chi connectivity index (χ2n) is 7.86. The summed E-state index contributed by atoms with van der Waals surface area (Å²) in [5.74, 6) is 0.0319. The number of allylic oxidation sites excluding steroid dienone is 2. The van der Waals surface area contributed by atoms with Gasteiger partial charge >= 0.3 is 0 Å². The first-order valence-electron chi connectivity index (χ1n) is 9.18. The summed E-state index contributed by atoms with van der Waals surface area (Å²) in [4.78, 5) is 12.5. The van der Waals surface area contributed by atoms with E-state index in [0.29, 0.717) is 0 Å². The van der Waals surface area contributed by atoms with Crippen molar-refractivity contribution in [2.24, 2.45) is 18.9 Å². The van der Waals surface area contributed by atoms with Crippen molar-refractivity contribution in [1.82, 2.24) is 9.78 Å². The molecule has 0 saturated heterocycles. The summed E-state index contributed by atoms with van der Waals surface area (Å²) in [6, 6.07) is 10.5. The lowest BCUT2D eigenvalue weighted by molar-refractivity contribution is -0.121. The van der Waals surface area contributed by atoms with E-state index in [1.807, 2.05) is 24.7 Å². The average molecular weight is 345 g/mol. The van der Waals surface area contributed by atoms with E-state index in [2.05, 4.69) is 44.2 Å². The highest BCUT2D eigenvalue weighted by molar-refractivity contribution is 6.02. The molecule has 26 heavy (non-hydrogen) atoms. The molecule has 132 valence electrons. The van der Waals surface area contributed by atoms with Crippen LogP contribution in [0.5, 0.6) is 0 Å². The molecule has 4 nitrogen and oxygen atoms in total. The first-order valence-corrected chi connectivity index (χ1v) is 9.18. The molecule has 2 aromatic rings. The average Bonchev–Trinajstić information content (AvgIpc) is 2.96. The number of nitrogens with zero attached hydrogens (tertiary/aromatic N) is 3. The minimum Gasteiger partial charge on any atom is -0.293 e. The van der Waals surface area contributed by atoms with Gasteiger partial charge in [-0.25, -0.2) is 0 Å². The molecule has 1 aromatic heterocycles. The molecule has 3 unspecified atom stereocenters. The molecule has 1 heterocycles. The van der Waals surface area contributed by atoms with E-state index in [9.17, 15) is 10.1 Å². The number of aromatic nitrogens is 2. The third-order valence-corrected chi connectivity index (χ3v) is 6.38. The summed E-state index contributed by atoms with van der Waals surface area (Å²) < 4.78 is 1.97. The van der Waals surface area contributed by atoms with Gasteiger partial charge in [-0.1, -0.05) is 44.2 Å². The van der Waals surface area contributed by atoms with Crippen LogP contribution in [-0.4, -0.2) is 15.6 Å². The summed E-state index contributed by atoms with van der Waals surface area (Å²) in [5, 5.41) is 14.3. The molecule has 1 aromatic carbocycles. The maximum atomic E-state index is 12.5. The molecule has 0 radical (unpaired) electrons. The normalized spacial score (nSPS) is 27.3. The monoisotopic (exact) mass is 345 g/mol. The zero-order valence-corrected chi connectivity index (χ0v) is 15.7. The highest BCUT2D eigenvalue weighted by Gasteiger charge is 2.50. The first kappa shape index (κ1) is 16.8. The number of rotatable bonds is 1. The van der Waals surface area contributed by atoms with E-state index >= 15 is 0 Å². The third-order valence-electron chi connectivity index (χ3n) is 6.38. The summed E-state index contributed by atoms with van der Waals surface area (Å²) in [7, 11) is 1.99. The maximum absolute atomic E-state index is 12.5. The Bertz CT molecular complexity index is 991. The van der Waals surface area contributed by atoms with Gasteiger partial charge in [0.2, 0.25) is 0 Å². The number of carbonyl (C=O) groups is 1. The van der Waals surface area contributed by atoms with E-state index in [4.69, 9.17) is 5.10 Å². The van der Waals surface area contributed by atoms with Crippen molar-refractivity contribution in [2.45, 2.75) is 39.0 Å². The molecule has 0 aliphatic heterocycles. The predicted octanol–water partition coefficient (Wildman–Crippen LogP) is 3.88. The van der Waals surface area contributed by atoms with E-state index in [0.717, 1.165) is 24.2 Å². The van der Waals surface area contributed by atoms with E-state index in [1.54, 1.807) is 0 Å². The zero-order chi connectivity index (χ0) is 18.6.